The van der Waals surface area contributed by atoms with Crippen LogP contribution in [-0.2, 0) is 9.53 Å². The van der Waals surface area contributed by atoms with E-state index in [4.69, 9.17) is 4.74 Å². The predicted molar refractivity (Wildman–Crippen MR) is 71.4 cm³/mol. The first kappa shape index (κ1) is 13.8. The SMILES string of the molecule is CC(C)OC(=O)CNC1CC2CCCC(C1)N2C. The number of nitrogens with one attached hydrogen (secondary N) is 1. The molecule has 4 heteroatoms. The van der Waals surface area contributed by atoms with E-state index in [1.54, 1.807) is 0 Å². The van der Waals surface area contributed by atoms with Gasteiger partial charge in [-0.25, -0.2) is 0 Å². The molecule has 18 heavy (non-hydrogen) atoms. The highest BCUT2D eigenvalue weighted by molar-refractivity contribution is 5.71. The summed E-state index contributed by atoms with van der Waals surface area (Å²) >= 11 is 0. The van der Waals surface area contributed by atoms with Crippen LogP contribution in [0.5, 0.6) is 0 Å². The smallest absolute Gasteiger partial charge is 0.320 e. The second-order valence-corrected chi connectivity index (χ2v) is 5.99. The molecule has 2 atom stereocenters. The van der Waals surface area contributed by atoms with Gasteiger partial charge in [0.05, 0.1) is 12.6 Å². The maximum absolute atomic E-state index is 11.5. The fourth-order valence-corrected chi connectivity index (χ4v) is 3.31. The van der Waals surface area contributed by atoms with Crippen molar-refractivity contribution in [2.24, 2.45) is 0 Å². The number of carbonyl (C=O) groups excluding carboxylic acids is 1. The summed E-state index contributed by atoms with van der Waals surface area (Å²) in [5.74, 6) is -0.130. The molecule has 0 spiro atoms. The van der Waals surface area contributed by atoms with Crippen LogP contribution in [0, 0.1) is 0 Å². The molecule has 104 valence electrons. The number of fused-ring (bicyclic) bond motifs is 2. The van der Waals surface area contributed by atoms with Gasteiger partial charge in [0, 0.05) is 18.1 Å². The Kier molecular flexibility index (Phi) is 4.62. The van der Waals surface area contributed by atoms with Crippen LogP contribution in [0.25, 0.3) is 0 Å². The molecule has 0 aromatic rings. The number of carbonyl (C=O) groups is 1. The van der Waals surface area contributed by atoms with Gasteiger partial charge in [0.15, 0.2) is 0 Å². The van der Waals surface area contributed by atoms with Gasteiger partial charge in [-0.05, 0) is 46.6 Å². The standard InChI is InChI=1S/C14H26N2O2/c1-10(2)18-14(17)9-15-11-7-12-5-4-6-13(8-11)16(12)3/h10-13,15H,4-9H2,1-3H3. The Labute approximate surface area is 110 Å². The molecule has 1 N–H and O–H groups in total. The van der Waals surface area contributed by atoms with E-state index in [9.17, 15) is 4.79 Å². The molecule has 0 saturated carbocycles. The van der Waals surface area contributed by atoms with Gasteiger partial charge in [0.1, 0.15) is 0 Å². The molecule has 2 unspecified atom stereocenters. The Hall–Kier alpha value is -0.610. The molecule has 2 aliphatic rings. The average Bonchev–Trinajstić information content (AvgIpc) is 2.25. The van der Waals surface area contributed by atoms with Crippen molar-refractivity contribution in [3.8, 4) is 0 Å². The zero-order valence-corrected chi connectivity index (χ0v) is 11.8. The summed E-state index contributed by atoms with van der Waals surface area (Å²) in [6.45, 7) is 4.13. The average molecular weight is 254 g/mol. The number of hydrogen-bond donors (Lipinski definition) is 1. The quantitative estimate of drug-likeness (QED) is 0.773. The van der Waals surface area contributed by atoms with E-state index in [0.717, 1.165) is 0 Å². The summed E-state index contributed by atoms with van der Waals surface area (Å²) in [6.07, 6.45) is 6.30. The van der Waals surface area contributed by atoms with E-state index in [1.807, 2.05) is 13.8 Å². The van der Waals surface area contributed by atoms with Gasteiger partial charge in [0.25, 0.3) is 0 Å². The van der Waals surface area contributed by atoms with Gasteiger partial charge in [-0.2, -0.15) is 0 Å². The Morgan fingerprint density at radius 1 is 1.33 bits per heavy atom. The molecule has 2 saturated heterocycles. The summed E-state index contributed by atoms with van der Waals surface area (Å²) in [5, 5.41) is 3.37. The van der Waals surface area contributed by atoms with Crippen LogP contribution in [0.3, 0.4) is 0 Å². The molecule has 2 fully saturated rings. The first-order valence-corrected chi connectivity index (χ1v) is 7.21. The Morgan fingerprint density at radius 3 is 2.50 bits per heavy atom. The van der Waals surface area contributed by atoms with Gasteiger partial charge in [-0.15, -0.1) is 0 Å². The first-order valence-electron chi connectivity index (χ1n) is 7.21. The molecule has 0 amide bonds. The van der Waals surface area contributed by atoms with Gasteiger partial charge in [-0.3, -0.25) is 4.79 Å². The zero-order chi connectivity index (χ0) is 13.1. The lowest BCUT2D eigenvalue weighted by atomic mass is 9.82. The van der Waals surface area contributed by atoms with E-state index in [-0.39, 0.29) is 12.1 Å². The van der Waals surface area contributed by atoms with E-state index >= 15 is 0 Å². The highest BCUT2D eigenvalue weighted by Gasteiger charge is 2.35. The molecule has 2 aliphatic heterocycles. The molecule has 2 bridgehead atoms. The molecule has 0 aromatic heterocycles. The number of hydrogen-bond acceptors (Lipinski definition) is 4. The minimum Gasteiger partial charge on any atom is -0.462 e. The molecule has 0 radical (unpaired) electrons. The van der Waals surface area contributed by atoms with Gasteiger partial charge < -0.3 is 15.0 Å². The van der Waals surface area contributed by atoms with Crippen molar-refractivity contribution in [3.63, 3.8) is 0 Å². The van der Waals surface area contributed by atoms with Crippen LogP contribution in [0.1, 0.15) is 46.0 Å². The number of rotatable bonds is 4. The lowest BCUT2D eigenvalue weighted by Gasteiger charge is -2.47. The first-order chi connectivity index (χ1) is 8.56. The van der Waals surface area contributed by atoms with Crippen LogP contribution >= 0.6 is 0 Å². The second-order valence-electron chi connectivity index (χ2n) is 5.99. The fraction of sp³-hybridized carbons (Fsp3) is 0.929. The van der Waals surface area contributed by atoms with E-state index < -0.39 is 0 Å². The largest absolute Gasteiger partial charge is 0.462 e. The molecule has 2 heterocycles. The third kappa shape index (κ3) is 3.45. The molecule has 4 nitrogen and oxygen atoms in total. The zero-order valence-electron chi connectivity index (χ0n) is 11.8. The van der Waals surface area contributed by atoms with Gasteiger partial charge in [-0.1, -0.05) is 6.42 Å². The van der Waals surface area contributed by atoms with Crippen molar-refractivity contribution in [2.75, 3.05) is 13.6 Å². The predicted octanol–water partition coefficient (Wildman–Crippen LogP) is 1.54. The lowest BCUT2D eigenvalue weighted by Crippen LogP contribution is -2.55. The topological polar surface area (TPSA) is 41.6 Å². The number of nitrogens with zero attached hydrogens (tertiary/aromatic N) is 1. The molecule has 0 aromatic carbocycles. The Morgan fingerprint density at radius 2 is 1.94 bits per heavy atom. The van der Waals surface area contributed by atoms with Crippen molar-refractivity contribution < 1.29 is 9.53 Å². The summed E-state index contributed by atoms with van der Waals surface area (Å²) in [6, 6.07) is 1.89. The Bertz CT molecular complexity index is 280. The van der Waals surface area contributed by atoms with Crippen molar-refractivity contribution in [2.45, 2.75) is 70.2 Å². The minimum atomic E-state index is -0.130. The van der Waals surface area contributed by atoms with E-state index in [1.165, 1.54) is 32.1 Å². The van der Waals surface area contributed by atoms with Crippen molar-refractivity contribution in [1.29, 1.82) is 0 Å². The summed E-state index contributed by atoms with van der Waals surface area (Å²) < 4.78 is 5.14. The molecular formula is C14H26N2O2. The van der Waals surface area contributed by atoms with Crippen molar-refractivity contribution in [3.05, 3.63) is 0 Å². The molecule has 0 aliphatic carbocycles. The molecule has 2 rings (SSSR count). The van der Waals surface area contributed by atoms with E-state index in [2.05, 4.69) is 17.3 Å². The van der Waals surface area contributed by atoms with Gasteiger partial charge in [0.2, 0.25) is 0 Å². The van der Waals surface area contributed by atoms with Crippen LogP contribution < -0.4 is 5.32 Å². The van der Waals surface area contributed by atoms with Gasteiger partial charge >= 0.3 is 5.97 Å². The van der Waals surface area contributed by atoms with Crippen LogP contribution in [0.2, 0.25) is 0 Å². The van der Waals surface area contributed by atoms with Crippen molar-refractivity contribution >= 4 is 5.97 Å². The maximum atomic E-state index is 11.5. The molecular weight excluding hydrogens is 228 g/mol. The summed E-state index contributed by atoms with van der Waals surface area (Å²) in [5.41, 5.74) is 0. The number of esters is 1. The fourth-order valence-electron chi connectivity index (χ4n) is 3.31. The maximum Gasteiger partial charge on any atom is 0.320 e. The van der Waals surface area contributed by atoms with Crippen LogP contribution in [0.15, 0.2) is 0 Å². The number of piperidine rings is 2. The van der Waals surface area contributed by atoms with Crippen LogP contribution in [-0.4, -0.2) is 48.7 Å². The highest BCUT2D eigenvalue weighted by atomic mass is 16.5. The summed E-state index contributed by atoms with van der Waals surface area (Å²) in [4.78, 5) is 14.0. The van der Waals surface area contributed by atoms with Crippen LogP contribution in [0.4, 0.5) is 0 Å². The normalized spacial score (nSPS) is 32.6. The van der Waals surface area contributed by atoms with E-state index in [0.29, 0.717) is 24.7 Å². The Balaban J connectivity index is 1.76. The summed E-state index contributed by atoms with van der Waals surface area (Å²) in [7, 11) is 2.25. The highest BCUT2D eigenvalue weighted by Crippen LogP contribution is 2.32. The minimum absolute atomic E-state index is 0.0174. The second kappa shape index (κ2) is 6.02. The number of ether oxygens (including phenoxy) is 1. The third-order valence-electron chi connectivity index (χ3n) is 4.24. The monoisotopic (exact) mass is 254 g/mol. The van der Waals surface area contributed by atoms with Crippen molar-refractivity contribution in [1.82, 2.24) is 10.2 Å². The lowest BCUT2D eigenvalue weighted by molar-refractivity contribution is -0.146. The third-order valence-corrected chi connectivity index (χ3v) is 4.24.